The molecule has 0 saturated heterocycles. The highest BCUT2D eigenvalue weighted by Gasteiger charge is 2.11. The van der Waals surface area contributed by atoms with Gasteiger partial charge in [0.15, 0.2) is 0 Å². The van der Waals surface area contributed by atoms with Gasteiger partial charge in [-0.1, -0.05) is 24.3 Å². The van der Waals surface area contributed by atoms with Gasteiger partial charge in [0.05, 0.1) is 18.3 Å². The van der Waals surface area contributed by atoms with Gasteiger partial charge < -0.3 is 10.1 Å². The number of carbonyl (C=O) groups excluding carboxylic acids is 1. The molecule has 0 atom stereocenters. The van der Waals surface area contributed by atoms with Crippen LogP contribution in [0.3, 0.4) is 0 Å². The molecule has 0 aliphatic rings. The van der Waals surface area contributed by atoms with Crippen molar-refractivity contribution in [3.63, 3.8) is 0 Å². The predicted molar refractivity (Wildman–Crippen MR) is 87.4 cm³/mol. The molecule has 2 aromatic carbocycles. The van der Waals surface area contributed by atoms with Gasteiger partial charge in [-0.05, 0) is 31.2 Å². The highest BCUT2D eigenvalue weighted by atomic mass is 16.5. The Balaban J connectivity index is 2.04. The fourth-order valence-electron chi connectivity index (χ4n) is 2.39. The summed E-state index contributed by atoms with van der Waals surface area (Å²) in [4.78, 5) is 16.9. The van der Waals surface area contributed by atoms with Crippen molar-refractivity contribution in [2.24, 2.45) is 0 Å². The summed E-state index contributed by atoms with van der Waals surface area (Å²) in [6.45, 7) is 1.90. The number of carbonyl (C=O) groups is 1. The number of rotatable bonds is 3. The third-order valence-corrected chi connectivity index (χ3v) is 3.43. The number of hydrogen-bond acceptors (Lipinski definition) is 3. The van der Waals surface area contributed by atoms with Crippen LogP contribution in [0.2, 0.25) is 0 Å². The zero-order valence-corrected chi connectivity index (χ0v) is 12.5. The van der Waals surface area contributed by atoms with Crippen molar-refractivity contribution in [2.45, 2.75) is 6.92 Å². The molecule has 110 valence electrons. The first kappa shape index (κ1) is 14.1. The Labute approximate surface area is 128 Å². The van der Waals surface area contributed by atoms with Gasteiger partial charge in [0.2, 0.25) is 0 Å². The monoisotopic (exact) mass is 292 g/mol. The lowest BCUT2D eigenvalue weighted by atomic mass is 10.1. The largest absolute Gasteiger partial charge is 0.496 e. The van der Waals surface area contributed by atoms with Gasteiger partial charge in [0.1, 0.15) is 5.75 Å². The molecule has 0 fully saturated rings. The van der Waals surface area contributed by atoms with Gasteiger partial charge in [0, 0.05) is 22.7 Å². The maximum absolute atomic E-state index is 12.3. The van der Waals surface area contributed by atoms with Gasteiger partial charge in [-0.3, -0.25) is 9.78 Å². The SMILES string of the molecule is COc1cc(C)nc2c(NC(=O)c3ccccc3)cccc12. The smallest absolute Gasteiger partial charge is 0.255 e. The lowest BCUT2D eigenvalue weighted by molar-refractivity contribution is 0.102. The standard InChI is InChI=1S/C18H16N2O2/c1-12-11-16(22-2)14-9-6-10-15(17(14)19-12)20-18(21)13-7-4-3-5-8-13/h3-11H,1-2H3,(H,20,21). The number of nitrogens with zero attached hydrogens (tertiary/aromatic N) is 1. The first-order valence-corrected chi connectivity index (χ1v) is 7.00. The first-order valence-electron chi connectivity index (χ1n) is 7.00. The van der Waals surface area contributed by atoms with Crippen LogP contribution in [0.15, 0.2) is 54.6 Å². The number of anilines is 1. The molecule has 3 aromatic rings. The van der Waals surface area contributed by atoms with Gasteiger partial charge in [-0.15, -0.1) is 0 Å². The summed E-state index contributed by atoms with van der Waals surface area (Å²) < 4.78 is 5.40. The van der Waals surface area contributed by atoms with Gasteiger partial charge in [0.25, 0.3) is 5.91 Å². The van der Waals surface area contributed by atoms with Crippen molar-refractivity contribution in [3.8, 4) is 5.75 Å². The van der Waals surface area contributed by atoms with E-state index in [0.29, 0.717) is 11.3 Å². The summed E-state index contributed by atoms with van der Waals surface area (Å²) in [5, 5.41) is 3.80. The van der Waals surface area contributed by atoms with Crippen LogP contribution < -0.4 is 10.1 Å². The van der Waals surface area contributed by atoms with Crippen LogP contribution in [-0.4, -0.2) is 18.0 Å². The molecular weight excluding hydrogens is 276 g/mol. The van der Waals surface area contributed by atoms with Crippen molar-refractivity contribution in [1.29, 1.82) is 0 Å². The van der Waals surface area contributed by atoms with E-state index in [0.717, 1.165) is 22.3 Å². The second kappa shape index (κ2) is 5.85. The van der Waals surface area contributed by atoms with Crippen molar-refractivity contribution in [2.75, 3.05) is 12.4 Å². The van der Waals surface area contributed by atoms with Crippen molar-refractivity contribution >= 4 is 22.5 Å². The molecule has 1 amide bonds. The highest BCUT2D eigenvalue weighted by Crippen LogP contribution is 2.30. The lowest BCUT2D eigenvalue weighted by Gasteiger charge is -2.11. The summed E-state index contributed by atoms with van der Waals surface area (Å²) in [7, 11) is 1.63. The molecule has 0 aliphatic heterocycles. The molecule has 4 heteroatoms. The van der Waals surface area contributed by atoms with E-state index < -0.39 is 0 Å². The number of fused-ring (bicyclic) bond motifs is 1. The first-order chi connectivity index (χ1) is 10.7. The molecule has 1 aromatic heterocycles. The van der Waals surface area contributed by atoms with E-state index in [4.69, 9.17) is 4.74 Å². The van der Waals surface area contributed by atoms with E-state index in [1.807, 2.05) is 49.4 Å². The van der Waals surface area contributed by atoms with Crippen molar-refractivity contribution < 1.29 is 9.53 Å². The second-order valence-electron chi connectivity index (χ2n) is 4.99. The van der Waals surface area contributed by atoms with Crippen LogP contribution in [-0.2, 0) is 0 Å². The Bertz CT molecular complexity index is 829. The number of nitrogens with one attached hydrogen (secondary N) is 1. The number of hydrogen-bond donors (Lipinski definition) is 1. The van der Waals surface area contributed by atoms with Crippen LogP contribution in [0.1, 0.15) is 16.1 Å². The number of aromatic nitrogens is 1. The predicted octanol–water partition coefficient (Wildman–Crippen LogP) is 3.80. The van der Waals surface area contributed by atoms with E-state index in [9.17, 15) is 4.79 Å². The number of pyridine rings is 1. The Morgan fingerprint density at radius 3 is 2.59 bits per heavy atom. The van der Waals surface area contributed by atoms with Gasteiger partial charge in [-0.2, -0.15) is 0 Å². The van der Waals surface area contributed by atoms with E-state index in [2.05, 4.69) is 10.3 Å². The zero-order valence-electron chi connectivity index (χ0n) is 12.5. The molecule has 0 saturated carbocycles. The summed E-state index contributed by atoms with van der Waals surface area (Å²) in [6, 6.07) is 16.6. The summed E-state index contributed by atoms with van der Waals surface area (Å²) in [5.74, 6) is 0.591. The van der Waals surface area contributed by atoms with Crippen LogP contribution >= 0.6 is 0 Å². The summed E-state index contributed by atoms with van der Waals surface area (Å²) in [5.41, 5.74) is 2.85. The Hall–Kier alpha value is -2.88. The molecule has 4 nitrogen and oxygen atoms in total. The molecule has 1 N–H and O–H groups in total. The van der Waals surface area contributed by atoms with E-state index in [1.54, 1.807) is 19.2 Å². The minimum atomic E-state index is -0.157. The molecule has 22 heavy (non-hydrogen) atoms. The summed E-state index contributed by atoms with van der Waals surface area (Å²) in [6.07, 6.45) is 0. The molecule has 0 unspecified atom stereocenters. The number of aryl methyl sites for hydroxylation is 1. The lowest BCUT2D eigenvalue weighted by Crippen LogP contribution is -2.12. The fraction of sp³-hybridized carbons (Fsp3) is 0.111. The summed E-state index contributed by atoms with van der Waals surface area (Å²) >= 11 is 0. The molecule has 3 rings (SSSR count). The van der Waals surface area contributed by atoms with Crippen molar-refractivity contribution in [1.82, 2.24) is 4.98 Å². The minimum absolute atomic E-state index is 0.157. The average molecular weight is 292 g/mol. The number of ether oxygens (including phenoxy) is 1. The third-order valence-electron chi connectivity index (χ3n) is 3.43. The van der Waals surface area contributed by atoms with Crippen LogP contribution in [0, 0.1) is 6.92 Å². The Morgan fingerprint density at radius 1 is 1.09 bits per heavy atom. The minimum Gasteiger partial charge on any atom is -0.496 e. The van der Waals surface area contributed by atoms with Gasteiger partial charge in [-0.25, -0.2) is 0 Å². The fourth-order valence-corrected chi connectivity index (χ4v) is 2.39. The molecule has 1 heterocycles. The van der Waals surface area contributed by atoms with Crippen molar-refractivity contribution in [3.05, 3.63) is 65.9 Å². The maximum atomic E-state index is 12.3. The zero-order chi connectivity index (χ0) is 15.5. The van der Waals surface area contributed by atoms with E-state index in [1.165, 1.54) is 0 Å². The number of para-hydroxylation sites is 1. The molecule has 0 bridgehead atoms. The van der Waals surface area contributed by atoms with Crippen LogP contribution in [0.5, 0.6) is 5.75 Å². The molecule has 0 radical (unpaired) electrons. The van der Waals surface area contributed by atoms with Crippen LogP contribution in [0.25, 0.3) is 10.9 Å². The Morgan fingerprint density at radius 2 is 1.86 bits per heavy atom. The number of benzene rings is 2. The number of methoxy groups -OCH3 is 1. The second-order valence-corrected chi connectivity index (χ2v) is 4.99. The third kappa shape index (κ3) is 2.63. The van der Waals surface area contributed by atoms with E-state index >= 15 is 0 Å². The quantitative estimate of drug-likeness (QED) is 0.798. The average Bonchev–Trinajstić information content (AvgIpc) is 2.55. The topological polar surface area (TPSA) is 51.2 Å². The molecule has 0 aliphatic carbocycles. The van der Waals surface area contributed by atoms with Crippen LogP contribution in [0.4, 0.5) is 5.69 Å². The van der Waals surface area contributed by atoms with Gasteiger partial charge >= 0.3 is 0 Å². The maximum Gasteiger partial charge on any atom is 0.255 e. The molecule has 0 spiro atoms. The Kier molecular flexibility index (Phi) is 3.74. The normalized spacial score (nSPS) is 10.5. The van der Waals surface area contributed by atoms with E-state index in [-0.39, 0.29) is 5.91 Å². The molecular formula is C18H16N2O2. The number of amides is 1. The highest BCUT2D eigenvalue weighted by molar-refractivity contribution is 6.08.